The number of nitrogens with one attached hydrogen (secondary N) is 2. The van der Waals surface area contributed by atoms with E-state index in [9.17, 15) is 14.4 Å². The highest BCUT2D eigenvalue weighted by Crippen LogP contribution is 2.29. The molecule has 2 heterocycles. The fraction of sp³-hybridized carbons (Fsp3) is 0.250. The van der Waals surface area contributed by atoms with Gasteiger partial charge in [0.25, 0.3) is 5.91 Å². The molecule has 0 bridgehead atoms. The van der Waals surface area contributed by atoms with Crippen molar-refractivity contribution in [3.63, 3.8) is 0 Å². The number of benzene rings is 2. The Labute approximate surface area is 167 Å². The van der Waals surface area contributed by atoms with E-state index >= 15 is 0 Å². The number of nitrogens with zero attached hydrogens (tertiary/aromatic N) is 2. The second-order valence-electron chi connectivity index (χ2n) is 6.69. The molecule has 8 heteroatoms. The average Bonchev–Trinajstić information content (AvgIpc) is 3.30. The third-order valence-electron chi connectivity index (χ3n) is 4.86. The molecule has 0 radical (unpaired) electrons. The summed E-state index contributed by atoms with van der Waals surface area (Å²) in [4.78, 5) is 39.9. The van der Waals surface area contributed by atoms with Crippen LogP contribution in [0.5, 0.6) is 0 Å². The highest BCUT2D eigenvalue weighted by atomic mass is 35.5. The summed E-state index contributed by atoms with van der Waals surface area (Å²) >= 11 is 6.09. The molecule has 0 aliphatic carbocycles. The lowest BCUT2D eigenvalue weighted by Gasteiger charge is -2.20. The fourth-order valence-electron chi connectivity index (χ4n) is 3.46. The Balaban J connectivity index is 1.54. The van der Waals surface area contributed by atoms with E-state index in [1.165, 1.54) is 0 Å². The molecule has 0 saturated carbocycles. The van der Waals surface area contributed by atoms with Gasteiger partial charge in [-0.3, -0.25) is 14.5 Å². The first-order valence-electron chi connectivity index (χ1n) is 9.09. The summed E-state index contributed by atoms with van der Waals surface area (Å²) < 4.78 is 0. The first-order chi connectivity index (χ1) is 13.5. The third kappa shape index (κ3) is 3.53. The minimum Gasteiger partial charge on any atom is -0.336 e. The van der Waals surface area contributed by atoms with Gasteiger partial charge >= 0.3 is 6.03 Å². The number of amides is 4. The molecular formula is C20H19ClN4O3. The number of rotatable bonds is 4. The van der Waals surface area contributed by atoms with Gasteiger partial charge in [0.1, 0.15) is 0 Å². The third-order valence-corrected chi connectivity index (χ3v) is 5.10. The van der Waals surface area contributed by atoms with Crippen LogP contribution < -0.4 is 20.4 Å². The van der Waals surface area contributed by atoms with Crippen LogP contribution in [0.1, 0.15) is 23.2 Å². The number of hydrogen-bond acceptors (Lipinski definition) is 3. The number of anilines is 3. The van der Waals surface area contributed by atoms with Crippen LogP contribution in [0.3, 0.4) is 0 Å². The van der Waals surface area contributed by atoms with Gasteiger partial charge in [0.2, 0.25) is 5.91 Å². The molecule has 2 saturated heterocycles. The summed E-state index contributed by atoms with van der Waals surface area (Å²) in [5, 5.41) is 6.07. The molecule has 7 nitrogen and oxygen atoms in total. The molecule has 2 N–H and O–H groups in total. The molecule has 2 aromatic carbocycles. The molecule has 144 valence electrons. The highest BCUT2D eigenvalue weighted by Gasteiger charge is 2.26. The lowest BCUT2D eigenvalue weighted by molar-refractivity contribution is -0.117. The summed E-state index contributed by atoms with van der Waals surface area (Å²) in [5.41, 5.74) is 2.28. The molecular weight excluding hydrogens is 380 g/mol. The molecule has 4 rings (SSSR count). The van der Waals surface area contributed by atoms with Gasteiger partial charge in [-0.2, -0.15) is 0 Å². The lowest BCUT2D eigenvalue weighted by atomic mass is 10.1. The van der Waals surface area contributed by atoms with Crippen molar-refractivity contribution in [1.29, 1.82) is 0 Å². The quantitative estimate of drug-likeness (QED) is 0.829. The van der Waals surface area contributed by atoms with Crippen molar-refractivity contribution in [2.24, 2.45) is 0 Å². The number of carbonyl (C=O) groups is 3. The van der Waals surface area contributed by atoms with Crippen LogP contribution in [0.2, 0.25) is 5.02 Å². The second kappa shape index (κ2) is 7.52. The molecule has 0 atom stereocenters. The van der Waals surface area contributed by atoms with Crippen molar-refractivity contribution < 1.29 is 14.4 Å². The lowest BCUT2D eigenvalue weighted by Crippen LogP contribution is -2.27. The van der Waals surface area contributed by atoms with E-state index in [2.05, 4.69) is 10.6 Å². The molecule has 0 aromatic heterocycles. The average molecular weight is 399 g/mol. The van der Waals surface area contributed by atoms with E-state index in [-0.39, 0.29) is 17.8 Å². The van der Waals surface area contributed by atoms with E-state index in [0.29, 0.717) is 48.0 Å². The van der Waals surface area contributed by atoms with Crippen LogP contribution in [-0.2, 0) is 4.79 Å². The number of halogens is 1. The normalized spacial score (nSPS) is 16.5. The largest absolute Gasteiger partial charge is 0.336 e. The zero-order chi connectivity index (χ0) is 19.7. The summed E-state index contributed by atoms with van der Waals surface area (Å²) in [6.07, 6.45) is 1.23. The molecule has 0 spiro atoms. The Kier molecular flexibility index (Phi) is 4.92. The van der Waals surface area contributed by atoms with E-state index in [4.69, 9.17) is 11.6 Å². The maximum absolute atomic E-state index is 12.8. The number of urea groups is 1. The molecule has 4 amide bonds. The number of carbonyl (C=O) groups excluding carboxylic acids is 3. The minimum atomic E-state index is -0.321. The van der Waals surface area contributed by atoms with E-state index in [1.54, 1.807) is 52.3 Å². The molecule has 2 fully saturated rings. The predicted molar refractivity (Wildman–Crippen MR) is 108 cm³/mol. The predicted octanol–water partition coefficient (Wildman–Crippen LogP) is 3.25. The van der Waals surface area contributed by atoms with Crippen LogP contribution >= 0.6 is 11.6 Å². The Morgan fingerprint density at radius 3 is 2.46 bits per heavy atom. The van der Waals surface area contributed by atoms with Gasteiger partial charge in [-0.1, -0.05) is 11.6 Å². The van der Waals surface area contributed by atoms with Crippen molar-refractivity contribution in [1.82, 2.24) is 5.32 Å². The van der Waals surface area contributed by atoms with Crippen LogP contribution in [0.4, 0.5) is 21.9 Å². The van der Waals surface area contributed by atoms with Gasteiger partial charge in [-0.05, 0) is 48.9 Å². The van der Waals surface area contributed by atoms with Gasteiger partial charge in [0.05, 0.1) is 11.3 Å². The van der Waals surface area contributed by atoms with E-state index in [1.807, 2.05) is 0 Å². The van der Waals surface area contributed by atoms with Gasteiger partial charge in [0, 0.05) is 42.5 Å². The van der Waals surface area contributed by atoms with E-state index < -0.39 is 0 Å². The van der Waals surface area contributed by atoms with Gasteiger partial charge in [0.15, 0.2) is 0 Å². The van der Waals surface area contributed by atoms with Crippen molar-refractivity contribution in [2.75, 3.05) is 34.8 Å². The smallest absolute Gasteiger partial charge is 0.321 e. The maximum Gasteiger partial charge on any atom is 0.321 e. The van der Waals surface area contributed by atoms with Crippen molar-refractivity contribution >= 4 is 46.5 Å². The molecule has 2 aliphatic heterocycles. The Bertz CT molecular complexity index is 945. The van der Waals surface area contributed by atoms with Crippen LogP contribution in [0.25, 0.3) is 0 Å². The molecule has 28 heavy (non-hydrogen) atoms. The highest BCUT2D eigenvalue weighted by molar-refractivity contribution is 6.31. The summed E-state index contributed by atoms with van der Waals surface area (Å²) in [6.45, 7) is 1.81. The second-order valence-corrected chi connectivity index (χ2v) is 7.13. The minimum absolute atomic E-state index is 0.00967. The topological polar surface area (TPSA) is 81.8 Å². The van der Waals surface area contributed by atoms with Crippen LogP contribution in [0, 0.1) is 0 Å². The zero-order valence-electron chi connectivity index (χ0n) is 15.1. The monoisotopic (exact) mass is 398 g/mol. The maximum atomic E-state index is 12.8. The Morgan fingerprint density at radius 2 is 1.82 bits per heavy atom. The van der Waals surface area contributed by atoms with E-state index in [0.717, 1.165) is 12.1 Å². The van der Waals surface area contributed by atoms with Crippen molar-refractivity contribution in [2.45, 2.75) is 12.8 Å². The Morgan fingerprint density at radius 1 is 1.04 bits per heavy atom. The zero-order valence-corrected chi connectivity index (χ0v) is 15.8. The first kappa shape index (κ1) is 18.3. The fourth-order valence-corrected chi connectivity index (χ4v) is 3.63. The standard InChI is InChI=1S/C20H19ClN4O3/c21-13-3-8-16(17(12-13)25-10-1-2-18(25)26)19(27)23-14-4-6-15(7-5-14)24-11-9-22-20(24)28/h3-8,12H,1-2,9-11H2,(H,22,28)(H,23,27). The number of hydrogen-bond donors (Lipinski definition) is 2. The van der Waals surface area contributed by atoms with Crippen LogP contribution in [-0.4, -0.2) is 37.5 Å². The summed E-state index contributed by atoms with van der Waals surface area (Å²) in [6, 6.07) is 11.8. The van der Waals surface area contributed by atoms with Crippen molar-refractivity contribution in [3.8, 4) is 0 Å². The van der Waals surface area contributed by atoms with Crippen LogP contribution in [0.15, 0.2) is 42.5 Å². The first-order valence-corrected chi connectivity index (χ1v) is 9.47. The van der Waals surface area contributed by atoms with Crippen molar-refractivity contribution in [3.05, 3.63) is 53.1 Å². The van der Waals surface area contributed by atoms with Gasteiger partial charge in [-0.15, -0.1) is 0 Å². The summed E-state index contributed by atoms with van der Waals surface area (Å²) in [5.74, 6) is -0.331. The van der Waals surface area contributed by atoms with Gasteiger partial charge < -0.3 is 15.5 Å². The molecule has 2 aliphatic rings. The summed E-state index contributed by atoms with van der Waals surface area (Å²) in [7, 11) is 0. The van der Waals surface area contributed by atoms with Gasteiger partial charge in [-0.25, -0.2) is 4.79 Å². The Hall–Kier alpha value is -3.06. The molecule has 2 aromatic rings. The molecule has 0 unspecified atom stereocenters. The SMILES string of the molecule is O=C(Nc1ccc(N2CCNC2=O)cc1)c1ccc(Cl)cc1N1CCCC1=O.